The van der Waals surface area contributed by atoms with Gasteiger partial charge >= 0.3 is 0 Å². The molecule has 0 unspecified atom stereocenters. The van der Waals surface area contributed by atoms with E-state index in [-0.39, 0.29) is 22.4 Å². The number of hydrogen-bond acceptors (Lipinski definition) is 6. The maximum absolute atomic E-state index is 13.6. The zero-order valence-corrected chi connectivity index (χ0v) is 13.7. The van der Waals surface area contributed by atoms with E-state index in [1.165, 1.54) is 35.2 Å². The molecule has 116 valence electrons. The number of anilines is 2. The van der Waals surface area contributed by atoms with Crippen LogP contribution in [0, 0.1) is 5.82 Å². The summed E-state index contributed by atoms with van der Waals surface area (Å²) in [4.78, 5) is 11.8. The molecule has 0 aliphatic heterocycles. The lowest BCUT2D eigenvalue weighted by atomic mass is 10.3. The van der Waals surface area contributed by atoms with Crippen molar-refractivity contribution in [2.75, 3.05) is 22.9 Å². The minimum Gasteiger partial charge on any atom is -0.357 e. The first kappa shape index (κ1) is 16.7. The standard InChI is InChI=1S/C13H12ClFN4OS2/c1-2-5-16-12-18-19-13(22-12)21-7-11(20)17-10-4-3-8(14)6-9(10)15/h2-4,6H,1,5,7H2,(H,16,18)(H,17,20). The number of hydrogen-bond donors (Lipinski definition) is 2. The highest BCUT2D eigenvalue weighted by Gasteiger charge is 2.10. The maximum Gasteiger partial charge on any atom is 0.234 e. The Bertz CT molecular complexity index is 680. The van der Waals surface area contributed by atoms with Crippen LogP contribution in [0.1, 0.15) is 0 Å². The van der Waals surface area contributed by atoms with Gasteiger partial charge in [-0.2, -0.15) is 0 Å². The monoisotopic (exact) mass is 358 g/mol. The molecule has 0 saturated heterocycles. The first-order chi connectivity index (χ1) is 10.6. The van der Waals surface area contributed by atoms with Gasteiger partial charge in [-0.05, 0) is 18.2 Å². The highest BCUT2D eigenvalue weighted by atomic mass is 35.5. The van der Waals surface area contributed by atoms with Gasteiger partial charge in [0.1, 0.15) is 5.82 Å². The predicted octanol–water partition coefficient (Wildman–Crippen LogP) is 3.66. The fraction of sp³-hybridized carbons (Fsp3) is 0.154. The van der Waals surface area contributed by atoms with Crippen molar-refractivity contribution in [2.24, 2.45) is 0 Å². The number of carbonyl (C=O) groups excluding carboxylic acids is 1. The van der Waals surface area contributed by atoms with E-state index in [1.807, 2.05) is 0 Å². The third kappa shape index (κ3) is 4.97. The summed E-state index contributed by atoms with van der Waals surface area (Å²) in [7, 11) is 0. The van der Waals surface area contributed by atoms with Crippen LogP contribution in [0.4, 0.5) is 15.2 Å². The molecule has 22 heavy (non-hydrogen) atoms. The summed E-state index contributed by atoms with van der Waals surface area (Å²) in [5.41, 5.74) is 0.0978. The molecule has 1 aromatic carbocycles. The average Bonchev–Trinajstić information content (AvgIpc) is 2.94. The third-order valence-electron chi connectivity index (χ3n) is 2.34. The smallest absolute Gasteiger partial charge is 0.234 e. The van der Waals surface area contributed by atoms with Crippen LogP contribution in [0.2, 0.25) is 5.02 Å². The molecule has 0 aliphatic carbocycles. The van der Waals surface area contributed by atoms with E-state index < -0.39 is 5.82 Å². The van der Waals surface area contributed by atoms with Gasteiger partial charge in [0.25, 0.3) is 0 Å². The summed E-state index contributed by atoms with van der Waals surface area (Å²) in [5, 5.41) is 14.3. The van der Waals surface area contributed by atoms with Crippen molar-refractivity contribution < 1.29 is 9.18 Å². The molecule has 0 atom stereocenters. The minimum absolute atomic E-state index is 0.0978. The molecule has 2 rings (SSSR count). The average molecular weight is 359 g/mol. The molecule has 0 spiro atoms. The SMILES string of the molecule is C=CCNc1nnc(SCC(=O)Nc2ccc(Cl)cc2F)s1. The van der Waals surface area contributed by atoms with Crippen LogP contribution >= 0.6 is 34.7 Å². The highest BCUT2D eigenvalue weighted by Crippen LogP contribution is 2.25. The molecular formula is C13H12ClFN4OS2. The Hall–Kier alpha value is -1.64. The number of benzene rings is 1. The molecule has 1 heterocycles. The van der Waals surface area contributed by atoms with Crippen molar-refractivity contribution >= 4 is 51.4 Å². The molecule has 9 heteroatoms. The zero-order valence-electron chi connectivity index (χ0n) is 11.3. The van der Waals surface area contributed by atoms with E-state index in [0.29, 0.717) is 16.0 Å². The Morgan fingerprint density at radius 2 is 2.32 bits per heavy atom. The molecule has 2 N–H and O–H groups in total. The number of thioether (sulfide) groups is 1. The molecule has 0 aliphatic rings. The van der Waals surface area contributed by atoms with E-state index in [1.54, 1.807) is 6.08 Å². The second-order valence-corrected chi connectivity index (χ2v) is 6.64. The fourth-order valence-electron chi connectivity index (χ4n) is 1.40. The van der Waals surface area contributed by atoms with Crippen molar-refractivity contribution in [3.8, 4) is 0 Å². The summed E-state index contributed by atoms with van der Waals surface area (Å²) in [5.74, 6) is -0.794. The van der Waals surface area contributed by atoms with Crippen molar-refractivity contribution in [1.82, 2.24) is 10.2 Å². The fourth-order valence-corrected chi connectivity index (χ4v) is 3.12. The molecule has 0 bridgehead atoms. The van der Waals surface area contributed by atoms with Crippen LogP contribution in [0.5, 0.6) is 0 Å². The Kier molecular flexibility index (Phi) is 6.17. The highest BCUT2D eigenvalue weighted by molar-refractivity contribution is 8.01. The lowest BCUT2D eigenvalue weighted by Crippen LogP contribution is -2.14. The van der Waals surface area contributed by atoms with Crippen molar-refractivity contribution in [1.29, 1.82) is 0 Å². The van der Waals surface area contributed by atoms with Crippen LogP contribution in [-0.4, -0.2) is 28.4 Å². The number of halogens is 2. The van der Waals surface area contributed by atoms with Crippen molar-refractivity contribution in [3.05, 3.63) is 41.7 Å². The van der Waals surface area contributed by atoms with Crippen molar-refractivity contribution in [3.63, 3.8) is 0 Å². The summed E-state index contributed by atoms with van der Waals surface area (Å²) >= 11 is 8.22. The van der Waals surface area contributed by atoms with Gasteiger partial charge in [0, 0.05) is 11.6 Å². The van der Waals surface area contributed by atoms with Gasteiger partial charge in [-0.3, -0.25) is 4.79 Å². The Morgan fingerprint density at radius 1 is 1.50 bits per heavy atom. The Labute approximate surface area is 140 Å². The van der Waals surface area contributed by atoms with E-state index in [9.17, 15) is 9.18 Å². The molecule has 5 nitrogen and oxygen atoms in total. The van der Waals surface area contributed by atoms with Crippen molar-refractivity contribution in [2.45, 2.75) is 4.34 Å². The van der Waals surface area contributed by atoms with Crippen LogP contribution in [0.25, 0.3) is 0 Å². The van der Waals surface area contributed by atoms with Gasteiger partial charge in [-0.15, -0.1) is 16.8 Å². The first-order valence-corrected chi connectivity index (χ1v) is 8.32. The third-order valence-corrected chi connectivity index (χ3v) is 4.59. The largest absolute Gasteiger partial charge is 0.357 e. The topological polar surface area (TPSA) is 66.9 Å². The molecular weight excluding hydrogens is 347 g/mol. The van der Waals surface area contributed by atoms with E-state index in [2.05, 4.69) is 27.4 Å². The van der Waals surface area contributed by atoms with Gasteiger partial charge in [-0.25, -0.2) is 4.39 Å². The summed E-state index contributed by atoms with van der Waals surface area (Å²) < 4.78 is 14.2. The number of aromatic nitrogens is 2. The van der Waals surface area contributed by atoms with Crippen LogP contribution in [-0.2, 0) is 4.79 Å². The second-order valence-electron chi connectivity index (χ2n) is 4.00. The predicted molar refractivity (Wildman–Crippen MR) is 89.4 cm³/mol. The minimum atomic E-state index is -0.572. The number of carbonyl (C=O) groups is 1. The van der Waals surface area contributed by atoms with Crippen LogP contribution < -0.4 is 10.6 Å². The van der Waals surface area contributed by atoms with E-state index in [4.69, 9.17) is 11.6 Å². The number of nitrogens with zero attached hydrogens (tertiary/aromatic N) is 2. The van der Waals surface area contributed by atoms with E-state index >= 15 is 0 Å². The second kappa shape index (κ2) is 8.11. The lowest BCUT2D eigenvalue weighted by molar-refractivity contribution is -0.113. The quantitative estimate of drug-likeness (QED) is 0.584. The van der Waals surface area contributed by atoms with Gasteiger partial charge < -0.3 is 10.6 Å². The lowest BCUT2D eigenvalue weighted by Gasteiger charge is -2.05. The Morgan fingerprint density at radius 3 is 3.05 bits per heavy atom. The number of nitrogens with one attached hydrogen (secondary N) is 2. The molecule has 1 amide bonds. The van der Waals surface area contributed by atoms with Gasteiger partial charge in [0.05, 0.1) is 11.4 Å². The summed E-state index contributed by atoms with van der Waals surface area (Å²) in [6.07, 6.45) is 1.71. The first-order valence-electron chi connectivity index (χ1n) is 6.14. The molecule has 1 aromatic heterocycles. The molecule has 2 aromatic rings. The van der Waals surface area contributed by atoms with Crippen LogP contribution in [0.15, 0.2) is 35.2 Å². The van der Waals surface area contributed by atoms with Gasteiger partial charge in [-0.1, -0.05) is 40.8 Å². The molecule has 0 fully saturated rings. The number of amides is 1. The number of rotatable bonds is 7. The Balaban J connectivity index is 1.84. The summed E-state index contributed by atoms with van der Waals surface area (Å²) in [6, 6.07) is 4.07. The van der Waals surface area contributed by atoms with E-state index in [0.717, 1.165) is 6.07 Å². The normalized spacial score (nSPS) is 10.3. The summed E-state index contributed by atoms with van der Waals surface area (Å²) in [6.45, 7) is 4.18. The zero-order chi connectivity index (χ0) is 15.9. The van der Waals surface area contributed by atoms with Gasteiger partial charge in [0.2, 0.25) is 11.0 Å². The maximum atomic E-state index is 13.6. The molecule has 0 radical (unpaired) electrons. The van der Waals surface area contributed by atoms with Gasteiger partial charge in [0.15, 0.2) is 4.34 Å². The molecule has 0 saturated carbocycles. The van der Waals surface area contributed by atoms with Crippen LogP contribution in [0.3, 0.4) is 0 Å².